The number of rotatable bonds is 7. The maximum atomic E-state index is 12.9. The molecule has 12 heteroatoms. The van der Waals surface area contributed by atoms with Gasteiger partial charge in [-0.15, -0.1) is 0 Å². The lowest BCUT2D eigenvalue weighted by Gasteiger charge is -2.28. The first kappa shape index (κ1) is 27.9. The molecule has 0 aliphatic carbocycles. The van der Waals surface area contributed by atoms with Crippen molar-refractivity contribution in [3.63, 3.8) is 0 Å². The quantitative estimate of drug-likeness (QED) is 0.341. The molecule has 0 bridgehead atoms. The van der Waals surface area contributed by atoms with E-state index in [9.17, 15) is 28.0 Å². The highest BCUT2D eigenvalue weighted by Gasteiger charge is 2.35. The molecule has 1 fully saturated rings. The largest absolute Gasteiger partial charge is 0.481 e. The lowest BCUT2D eigenvalue weighted by atomic mass is 9.99. The Balaban J connectivity index is 1.78. The summed E-state index contributed by atoms with van der Waals surface area (Å²) in [5, 5.41) is 9.18. The van der Waals surface area contributed by atoms with Gasteiger partial charge in [-0.25, -0.2) is 0 Å². The molecule has 1 amide bonds. The van der Waals surface area contributed by atoms with Crippen molar-refractivity contribution < 1.29 is 32.2 Å². The second kappa shape index (κ2) is 11.6. The molecular weight excluding hydrogens is 544 g/mol. The second-order valence-electron chi connectivity index (χ2n) is 8.07. The van der Waals surface area contributed by atoms with Crippen LogP contribution in [0.4, 0.5) is 13.2 Å². The number of benzene rings is 2. The van der Waals surface area contributed by atoms with E-state index in [4.69, 9.17) is 44.3 Å². The van der Waals surface area contributed by atoms with Gasteiger partial charge in [0, 0.05) is 19.2 Å². The van der Waals surface area contributed by atoms with Gasteiger partial charge >= 0.3 is 6.18 Å². The molecule has 1 saturated heterocycles. The zero-order chi connectivity index (χ0) is 26.6. The molecule has 1 aliphatic rings. The molecule has 6 nitrogen and oxygen atoms in total. The van der Waals surface area contributed by atoms with Crippen LogP contribution in [0.1, 0.15) is 31.7 Å². The van der Waals surface area contributed by atoms with Gasteiger partial charge in [0.2, 0.25) is 5.91 Å². The van der Waals surface area contributed by atoms with Crippen LogP contribution in [0, 0.1) is 17.2 Å². The average molecular weight is 564 g/mol. The normalized spacial score (nSPS) is 15.6. The number of amides is 1. The van der Waals surface area contributed by atoms with Gasteiger partial charge in [-0.05, 0) is 50.5 Å². The number of alkyl halides is 3. The van der Waals surface area contributed by atoms with Gasteiger partial charge in [0.1, 0.15) is 17.2 Å². The summed E-state index contributed by atoms with van der Waals surface area (Å²) in [5.41, 5.74) is -0.954. The number of Topliss-reactive ketones (excluding diaryl/α,β-unsaturated/α-hetero) is 1. The number of hydrogen-bond donors (Lipinski definition) is 0. The summed E-state index contributed by atoms with van der Waals surface area (Å²) >= 11 is 18.3. The maximum Gasteiger partial charge on any atom is 0.416 e. The summed E-state index contributed by atoms with van der Waals surface area (Å²) < 4.78 is 49.9. The molecule has 2 aromatic rings. The first-order valence-electron chi connectivity index (χ1n) is 10.8. The monoisotopic (exact) mass is 562 g/mol. The fourth-order valence-electron chi connectivity index (χ4n) is 3.58. The van der Waals surface area contributed by atoms with Crippen molar-refractivity contribution in [2.24, 2.45) is 5.92 Å². The summed E-state index contributed by atoms with van der Waals surface area (Å²) in [5.74, 6) is -3.07. The first-order valence-corrected chi connectivity index (χ1v) is 12.0. The molecule has 3 rings (SSSR count). The van der Waals surface area contributed by atoms with Crippen molar-refractivity contribution in [3.05, 3.63) is 51.0 Å². The van der Waals surface area contributed by atoms with E-state index in [-0.39, 0.29) is 32.3 Å². The minimum absolute atomic E-state index is 0.00128. The minimum Gasteiger partial charge on any atom is -0.481 e. The average Bonchev–Trinajstić information content (AvgIpc) is 2.83. The van der Waals surface area contributed by atoms with Crippen LogP contribution >= 0.6 is 34.8 Å². The lowest BCUT2D eigenvalue weighted by molar-refractivity contribution is -0.142. The molecule has 0 aromatic heterocycles. The van der Waals surface area contributed by atoms with Crippen LogP contribution in [0.2, 0.25) is 15.1 Å². The molecule has 1 aliphatic heterocycles. The molecule has 0 N–H and O–H groups in total. The third kappa shape index (κ3) is 6.55. The van der Waals surface area contributed by atoms with E-state index in [0.717, 1.165) is 31.4 Å². The van der Waals surface area contributed by atoms with Crippen molar-refractivity contribution in [1.82, 2.24) is 4.90 Å². The first-order chi connectivity index (χ1) is 16.9. The van der Waals surface area contributed by atoms with Crippen LogP contribution < -0.4 is 9.47 Å². The molecule has 2 aromatic carbocycles. The molecule has 0 spiro atoms. The van der Waals surface area contributed by atoms with Crippen molar-refractivity contribution in [1.29, 1.82) is 5.26 Å². The third-order valence-corrected chi connectivity index (χ3v) is 6.38. The zero-order valence-corrected chi connectivity index (χ0v) is 21.1. The van der Waals surface area contributed by atoms with Gasteiger partial charge in [-0.3, -0.25) is 9.59 Å². The summed E-state index contributed by atoms with van der Waals surface area (Å²) in [7, 11) is 0. The highest BCUT2D eigenvalue weighted by atomic mass is 35.5. The zero-order valence-electron chi connectivity index (χ0n) is 18.9. The number of carbonyl (C=O) groups excluding carboxylic acids is 2. The number of piperidine rings is 1. The number of carbonyl (C=O) groups is 2. The van der Waals surface area contributed by atoms with Gasteiger partial charge in [-0.2, -0.15) is 18.4 Å². The Bertz CT molecular complexity index is 1190. The van der Waals surface area contributed by atoms with Crippen molar-refractivity contribution in [2.45, 2.75) is 38.5 Å². The fraction of sp³-hybridized carbons (Fsp3) is 0.375. The van der Waals surface area contributed by atoms with Crippen LogP contribution in [0.3, 0.4) is 0 Å². The fourth-order valence-corrected chi connectivity index (χ4v) is 4.26. The topological polar surface area (TPSA) is 79.6 Å². The number of likely N-dealkylation sites (tertiary alicyclic amines) is 1. The molecule has 0 radical (unpaired) electrons. The number of ether oxygens (including phenoxy) is 2. The number of nitriles is 1. The van der Waals surface area contributed by atoms with E-state index in [0.29, 0.717) is 19.2 Å². The molecule has 36 heavy (non-hydrogen) atoms. The Labute approximate surface area is 220 Å². The number of nitrogens with zero attached hydrogens (tertiary/aromatic N) is 2. The summed E-state index contributed by atoms with van der Waals surface area (Å²) in [6, 6.07) is 6.79. The van der Waals surface area contributed by atoms with Gasteiger partial charge in [-0.1, -0.05) is 34.8 Å². The SMILES string of the molecule is CC(Oc1cc(Oc2ccc(C(F)(F)F)cc2Cl)c(Cl)cc1Cl)C(=O)C(C#N)C(=O)N1CCCCC1. The molecule has 1 heterocycles. The minimum atomic E-state index is -4.58. The van der Waals surface area contributed by atoms with Gasteiger partial charge in [0.05, 0.1) is 26.7 Å². The van der Waals surface area contributed by atoms with Crippen LogP contribution in [0.25, 0.3) is 0 Å². The summed E-state index contributed by atoms with van der Waals surface area (Å²) in [6.45, 7) is 2.33. The molecular formula is C24H20Cl3F3N2O4. The van der Waals surface area contributed by atoms with Crippen LogP contribution in [-0.2, 0) is 15.8 Å². The summed E-state index contributed by atoms with van der Waals surface area (Å²) in [4.78, 5) is 27.1. The predicted molar refractivity (Wildman–Crippen MR) is 128 cm³/mol. The number of ketones is 1. The molecule has 192 valence electrons. The maximum absolute atomic E-state index is 12.9. The van der Waals surface area contributed by atoms with Crippen LogP contribution in [0.5, 0.6) is 17.2 Å². The van der Waals surface area contributed by atoms with E-state index in [2.05, 4.69) is 0 Å². The van der Waals surface area contributed by atoms with Crippen LogP contribution in [-0.4, -0.2) is 35.8 Å². The van der Waals surface area contributed by atoms with E-state index in [1.54, 1.807) is 6.07 Å². The smallest absolute Gasteiger partial charge is 0.416 e. The standard InChI is InChI=1S/C24H20Cl3F3N2O4/c1-13(22(33)15(12-31)23(34)32-7-3-2-4-8-32)35-20-11-21(18(27)10-17(20)26)36-19-6-5-14(9-16(19)25)24(28,29)30/h5-6,9-11,13,15H,2-4,7-8H2,1H3. The molecule has 2 unspecified atom stereocenters. The Hall–Kier alpha value is -2.67. The highest BCUT2D eigenvalue weighted by molar-refractivity contribution is 6.36. The van der Waals surface area contributed by atoms with E-state index < -0.39 is 35.5 Å². The number of halogens is 6. The molecule has 2 atom stereocenters. The summed E-state index contributed by atoms with van der Waals surface area (Å²) in [6.07, 6.45) is -3.23. The second-order valence-corrected chi connectivity index (χ2v) is 9.29. The number of hydrogen-bond acceptors (Lipinski definition) is 5. The van der Waals surface area contributed by atoms with Gasteiger partial charge in [0.25, 0.3) is 0 Å². The highest BCUT2D eigenvalue weighted by Crippen LogP contribution is 2.41. The Morgan fingerprint density at radius 3 is 2.17 bits per heavy atom. The van der Waals surface area contributed by atoms with Gasteiger partial charge in [0.15, 0.2) is 17.8 Å². The predicted octanol–water partition coefficient (Wildman–Crippen LogP) is 6.95. The van der Waals surface area contributed by atoms with E-state index in [1.807, 2.05) is 0 Å². The van der Waals surface area contributed by atoms with Crippen LogP contribution in [0.15, 0.2) is 30.3 Å². The third-order valence-electron chi connectivity index (χ3n) is 5.50. The lowest BCUT2D eigenvalue weighted by Crippen LogP contribution is -2.44. The Morgan fingerprint density at radius 1 is 0.972 bits per heavy atom. The van der Waals surface area contributed by atoms with Gasteiger partial charge < -0.3 is 14.4 Å². The Morgan fingerprint density at radius 2 is 1.58 bits per heavy atom. The van der Waals surface area contributed by atoms with E-state index in [1.165, 1.54) is 24.0 Å². The van der Waals surface area contributed by atoms with Crippen molar-refractivity contribution in [3.8, 4) is 23.3 Å². The Kier molecular flexibility index (Phi) is 8.98. The van der Waals surface area contributed by atoms with Crippen molar-refractivity contribution in [2.75, 3.05) is 13.1 Å². The van der Waals surface area contributed by atoms with Crippen molar-refractivity contribution >= 4 is 46.5 Å². The molecule has 0 saturated carbocycles. The van der Waals surface area contributed by atoms with E-state index >= 15 is 0 Å².